The monoisotopic (exact) mass is 816 g/mol. The van der Waals surface area contributed by atoms with E-state index in [1.807, 2.05) is 6.08 Å². The van der Waals surface area contributed by atoms with Crippen LogP contribution in [0.5, 0.6) is 0 Å². The van der Waals surface area contributed by atoms with Gasteiger partial charge in [0, 0.05) is 12.8 Å². The van der Waals surface area contributed by atoms with Crippen molar-refractivity contribution in [2.24, 2.45) is 0 Å². The Morgan fingerprint density at radius 3 is 1.22 bits per heavy atom. The zero-order chi connectivity index (χ0) is 42.3. The lowest BCUT2D eigenvalue weighted by Crippen LogP contribution is -2.45. The van der Waals surface area contributed by atoms with Crippen molar-refractivity contribution >= 4 is 11.9 Å². The number of aliphatic hydroxyl groups is 2. The van der Waals surface area contributed by atoms with Crippen molar-refractivity contribution in [3.8, 4) is 0 Å². The number of carbonyl (C=O) groups excluding carboxylic acids is 2. The largest absolute Gasteiger partial charge is 0.466 e. The fourth-order valence-electron chi connectivity index (χ4n) is 7.44. The summed E-state index contributed by atoms with van der Waals surface area (Å²) in [5, 5.41) is 23.0. The topological polar surface area (TPSA) is 95.9 Å². The lowest BCUT2D eigenvalue weighted by Gasteiger charge is -2.20. The second-order valence-corrected chi connectivity index (χ2v) is 17.1. The van der Waals surface area contributed by atoms with Gasteiger partial charge in [-0.05, 0) is 89.9 Å². The van der Waals surface area contributed by atoms with Crippen molar-refractivity contribution in [1.82, 2.24) is 5.32 Å². The number of amides is 1. The Labute approximate surface area is 360 Å². The average Bonchev–Trinajstić information content (AvgIpc) is 3.22. The molecule has 0 spiro atoms. The van der Waals surface area contributed by atoms with Crippen LogP contribution in [0.2, 0.25) is 0 Å². The van der Waals surface area contributed by atoms with Crippen molar-refractivity contribution in [3.05, 3.63) is 36.5 Å². The predicted molar refractivity (Wildman–Crippen MR) is 250 cm³/mol. The number of nitrogens with one attached hydrogen (secondary N) is 1. The Morgan fingerprint density at radius 2 is 0.810 bits per heavy atom. The number of esters is 1. The highest BCUT2D eigenvalue weighted by atomic mass is 16.5. The highest BCUT2D eigenvalue weighted by Crippen LogP contribution is 2.14. The molecule has 0 aliphatic rings. The van der Waals surface area contributed by atoms with Crippen molar-refractivity contribution in [1.29, 1.82) is 0 Å². The molecule has 0 aromatic heterocycles. The number of carbonyl (C=O) groups is 2. The first kappa shape index (κ1) is 56.1. The highest BCUT2D eigenvalue weighted by Gasteiger charge is 2.18. The van der Waals surface area contributed by atoms with Gasteiger partial charge in [-0.1, -0.05) is 192 Å². The molecule has 0 radical (unpaired) electrons. The third kappa shape index (κ3) is 43.7. The van der Waals surface area contributed by atoms with Crippen molar-refractivity contribution in [2.45, 2.75) is 270 Å². The fraction of sp³-hybridized carbons (Fsp3) is 0.846. The van der Waals surface area contributed by atoms with Gasteiger partial charge in [-0.25, -0.2) is 0 Å². The van der Waals surface area contributed by atoms with E-state index in [1.165, 1.54) is 148 Å². The first-order valence-electron chi connectivity index (χ1n) is 25.3. The van der Waals surface area contributed by atoms with Crippen LogP contribution in [0.4, 0.5) is 0 Å². The Bertz CT molecular complexity index is 946. The zero-order valence-electron chi connectivity index (χ0n) is 38.5. The van der Waals surface area contributed by atoms with E-state index in [0.717, 1.165) is 83.5 Å². The highest BCUT2D eigenvalue weighted by molar-refractivity contribution is 5.76. The number of aliphatic hydroxyl groups excluding tert-OH is 2. The number of hydrogen-bond donors (Lipinski definition) is 3. The number of allylic oxidation sites excluding steroid dienone is 5. The van der Waals surface area contributed by atoms with Crippen LogP contribution in [0.25, 0.3) is 0 Å². The zero-order valence-corrected chi connectivity index (χ0v) is 38.5. The first-order chi connectivity index (χ1) is 28.5. The summed E-state index contributed by atoms with van der Waals surface area (Å²) in [4.78, 5) is 24.4. The summed E-state index contributed by atoms with van der Waals surface area (Å²) in [5.74, 6) is -0.124. The van der Waals surface area contributed by atoms with Crippen LogP contribution in [0.3, 0.4) is 0 Å². The molecule has 0 heterocycles. The SMILES string of the molecule is CCCCCCCC/C=C\CCCCCCCCCC(=O)OCCCCC/C=C\CCCCCCCC(=O)NC(CO)C(O)/C=C/CCCCCCCCCCCC. The Balaban J connectivity index is 3.53. The maximum Gasteiger partial charge on any atom is 0.305 e. The molecular formula is C52H97NO5. The minimum Gasteiger partial charge on any atom is -0.466 e. The molecule has 0 aromatic carbocycles. The minimum atomic E-state index is -0.859. The lowest BCUT2D eigenvalue weighted by molar-refractivity contribution is -0.143. The molecule has 0 aliphatic carbocycles. The van der Waals surface area contributed by atoms with E-state index in [2.05, 4.69) is 43.5 Å². The molecular weight excluding hydrogens is 719 g/mol. The summed E-state index contributed by atoms with van der Waals surface area (Å²) < 4.78 is 5.45. The van der Waals surface area contributed by atoms with Crippen LogP contribution in [0.1, 0.15) is 258 Å². The van der Waals surface area contributed by atoms with Gasteiger partial charge in [0.2, 0.25) is 5.91 Å². The summed E-state index contributed by atoms with van der Waals surface area (Å²) in [6.45, 7) is 4.82. The molecule has 2 atom stereocenters. The molecule has 0 aromatic rings. The molecule has 58 heavy (non-hydrogen) atoms. The lowest BCUT2D eigenvalue weighted by atomic mass is 10.1. The van der Waals surface area contributed by atoms with E-state index in [-0.39, 0.29) is 18.5 Å². The average molecular weight is 816 g/mol. The fourth-order valence-corrected chi connectivity index (χ4v) is 7.44. The van der Waals surface area contributed by atoms with Gasteiger partial charge in [0.05, 0.1) is 25.4 Å². The molecule has 0 rings (SSSR count). The Morgan fingerprint density at radius 1 is 0.466 bits per heavy atom. The van der Waals surface area contributed by atoms with Crippen LogP contribution in [-0.4, -0.2) is 47.4 Å². The second-order valence-electron chi connectivity index (χ2n) is 17.1. The molecule has 0 bridgehead atoms. The first-order valence-corrected chi connectivity index (χ1v) is 25.3. The normalized spacial score (nSPS) is 13.0. The van der Waals surface area contributed by atoms with E-state index in [1.54, 1.807) is 6.08 Å². The quantitative estimate of drug-likeness (QED) is 0.0323. The summed E-state index contributed by atoms with van der Waals surface area (Å²) in [5.41, 5.74) is 0. The van der Waals surface area contributed by atoms with Crippen molar-refractivity contribution < 1.29 is 24.5 Å². The number of rotatable bonds is 46. The molecule has 0 fully saturated rings. The van der Waals surface area contributed by atoms with Gasteiger partial charge in [-0.3, -0.25) is 9.59 Å². The maximum absolute atomic E-state index is 12.4. The van der Waals surface area contributed by atoms with Gasteiger partial charge in [-0.2, -0.15) is 0 Å². The van der Waals surface area contributed by atoms with E-state index in [0.29, 0.717) is 19.4 Å². The van der Waals surface area contributed by atoms with E-state index >= 15 is 0 Å². The second kappa shape index (κ2) is 47.8. The van der Waals surface area contributed by atoms with Crippen LogP contribution >= 0.6 is 0 Å². The maximum atomic E-state index is 12.4. The molecule has 0 aliphatic heterocycles. The van der Waals surface area contributed by atoms with E-state index < -0.39 is 12.1 Å². The van der Waals surface area contributed by atoms with Crippen LogP contribution < -0.4 is 5.32 Å². The van der Waals surface area contributed by atoms with Crippen LogP contribution in [0, 0.1) is 0 Å². The van der Waals surface area contributed by atoms with Gasteiger partial charge in [0.1, 0.15) is 0 Å². The van der Waals surface area contributed by atoms with Gasteiger partial charge in [-0.15, -0.1) is 0 Å². The van der Waals surface area contributed by atoms with Gasteiger partial charge >= 0.3 is 5.97 Å². The molecule has 0 saturated carbocycles. The molecule has 340 valence electrons. The predicted octanol–water partition coefficient (Wildman–Crippen LogP) is 14.9. The summed E-state index contributed by atoms with van der Waals surface area (Å²) in [6.07, 6.45) is 57.1. The molecule has 0 saturated heterocycles. The molecule has 6 nitrogen and oxygen atoms in total. The number of hydrogen-bond acceptors (Lipinski definition) is 5. The minimum absolute atomic E-state index is 0.0286. The summed E-state index contributed by atoms with van der Waals surface area (Å²) >= 11 is 0. The number of unbranched alkanes of at least 4 members (excludes halogenated alkanes) is 31. The molecule has 2 unspecified atom stereocenters. The third-order valence-corrected chi connectivity index (χ3v) is 11.4. The van der Waals surface area contributed by atoms with E-state index in [9.17, 15) is 19.8 Å². The van der Waals surface area contributed by atoms with Crippen molar-refractivity contribution in [2.75, 3.05) is 13.2 Å². The van der Waals surface area contributed by atoms with Gasteiger partial charge in [0.25, 0.3) is 0 Å². The standard InChI is InChI=1S/C52H97NO5/c1-3-5-7-9-11-13-15-17-18-19-20-21-26-30-34-38-42-46-52(57)58-47-43-39-35-31-27-23-22-25-29-33-37-41-45-51(56)53-49(48-54)50(55)44-40-36-32-28-24-16-14-12-10-8-6-4-2/h17-18,23,27,40,44,49-50,54-55H,3-16,19-22,24-26,28-39,41-43,45-48H2,1-2H3,(H,53,56)/b18-17-,27-23-,44-40+. The molecule has 1 amide bonds. The van der Waals surface area contributed by atoms with Gasteiger partial charge < -0.3 is 20.3 Å². The summed E-state index contributed by atoms with van der Waals surface area (Å²) in [6, 6.07) is -0.646. The van der Waals surface area contributed by atoms with Crippen LogP contribution in [0.15, 0.2) is 36.5 Å². The van der Waals surface area contributed by atoms with Crippen LogP contribution in [-0.2, 0) is 14.3 Å². The molecule has 6 heteroatoms. The Kier molecular flexibility index (Phi) is 46.2. The smallest absolute Gasteiger partial charge is 0.305 e. The van der Waals surface area contributed by atoms with Gasteiger partial charge in [0.15, 0.2) is 0 Å². The summed E-state index contributed by atoms with van der Waals surface area (Å²) in [7, 11) is 0. The Hall–Kier alpha value is -1.92. The molecule has 3 N–H and O–H groups in total. The van der Waals surface area contributed by atoms with Crippen molar-refractivity contribution in [3.63, 3.8) is 0 Å². The third-order valence-electron chi connectivity index (χ3n) is 11.4. The number of ether oxygens (including phenoxy) is 1. The van der Waals surface area contributed by atoms with E-state index in [4.69, 9.17) is 4.74 Å².